The molecule has 2 aromatic rings. The predicted molar refractivity (Wildman–Crippen MR) is 98.5 cm³/mol. The zero-order chi connectivity index (χ0) is 17.5. The summed E-state index contributed by atoms with van der Waals surface area (Å²) in [7, 11) is 1.60. The maximum Gasteiger partial charge on any atom is 0.195 e. The van der Waals surface area contributed by atoms with Gasteiger partial charge in [-0.2, -0.15) is 0 Å². The van der Waals surface area contributed by atoms with Crippen molar-refractivity contribution in [3.05, 3.63) is 76.1 Å². The van der Waals surface area contributed by atoms with Gasteiger partial charge in [-0.3, -0.25) is 0 Å². The molecule has 3 heteroatoms. The van der Waals surface area contributed by atoms with Crippen LogP contribution in [0.1, 0.15) is 48.4 Å². The number of hydrogen-bond acceptors (Lipinski definition) is 2. The minimum atomic E-state index is -0.0399. The fourth-order valence-electron chi connectivity index (χ4n) is 2.54. The fraction of sp³-hybridized carbons (Fsp3) is 0.286. The lowest BCUT2D eigenvalue weighted by Gasteiger charge is -2.10. The van der Waals surface area contributed by atoms with E-state index in [4.69, 9.17) is 11.3 Å². The average molecular weight is 321 g/mol. The van der Waals surface area contributed by atoms with E-state index in [0.29, 0.717) is 17.4 Å². The Hall–Kier alpha value is -2.57. The monoisotopic (exact) mass is 321 g/mol. The van der Waals surface area contributed by atoms with Crippen molar-refractivity contribution < 1.29 is 9.84 Å². The summed E-state index contributed by atoms with van der Waals surface area (Å²) < 4.78 is 5.36. The first-order chi connectivity index (χ1) is 11.6. The molecule has 0 aliphatic carbocycles. The summed E-state index contributed by atoms with van der Waals surface area (Å²) in [5.41, 5.74) is 4.30. The first kappa shape index (κ1) is 17.8. The molecule has 0 radical (unpaired) electrons. The van der Waals surface area contributed by atoms with Crippen molar-refractivity contribution in [2.75, 3.05) is 7.11 Å². The molecule has 1 atom stereocenters. The van der Waals surface area contributed by atoms with Crippen molar-refractivity contribution in [1.29, 1.82) is 0 Å². The van der Waals surface area contributed by atoms with Crippen LogP contribution in [0.4, 0.5) is 0 Å². The first-order valence-electron chi connectivity index (χ1n) is 8.10. The van der Waals surface area contributed by atoms with Crippen LogP contribution < -0.4 is 4.74 Å². The van der Waals surface area contributed by atoms with E-state index in [1.807, 2.05) is 36.4 Å². The summed E-state index contributed by atoms with van der Waals surface area (Å²) in [6.45, 7) is 11.8. The second-order valence-electron chi connectivity index (χ2n) is 5.81. The number of benzene rings is 2. The van der Waals surface area contributed by atoms with Crippen molar-refractivity contribution >= 4 is 11.8 Å². The quantitative estimate of drug-likeness (QED) is 0.592. The highest BCUT2D eigenvalue weighted by molar-refractivity contribution is 5.86. The maximum absolute atomic E-state index is 9.32. The molecule has 24 heavy (non-hydrogen) atoms. The van der Waals surface area contributed by atoms with Gasteiger partial charge in [0.2, 0.25) is 0 Å². The van der Waals surface area contributed by atoms with Crippen LogP contribution in [0.25, 0.3) is 16.6 Å². The van der Waals surface area contributed by atoms with Gasteiger partial charge in [-0.1, -0.05) is 44.2 Å². The Morgan fingerprint density at radius 3 is 2.50 bits per heavy atom. The third kappa shape index (κ3) is 4.04. The average Bonchev–Trinajstić information content (AvgIpc) is 2.65. The zero-order valence-electron chi connectivity index (χ0n) is 14.4. The molecule has 1 N–H and O–H groups in total. The van der Waals surface area contributed by atoms with Gasteiger partial charge in [0.15, 0.2) is 5.70 Å². The summed E-state index contributed by atoms with van der Waals surface area (Å²) in [6, 6.07) is 13.6. The van der Waals surface area contributed by atoms with E-state index in [9.17, 15) is 5.11 Å². The molecule has 0 heterocycles. The molecule has 2 rings (SSSR count). The number of nitrogens with zero attached hydrogens (tertiary/aromatic N) is 1. The van der Waals surface area contributed by atoms with E-state index in [1.54, 1.807) is 7.11 Å². The molecule has 0 bridgehead atoms. The summed E-state index contributed by atoms with van der Waals surface area (Å²) in [5.74, 6) is 1.20. The molecule has 124 valence electrons. The fourth-order valence-corrected chi connectivity index (χ4v) is 2.54. The van der Waals surface area contributed by atoms with E-state index in [1.165, 1.54) is 5.56 Å². The number of ether oxygens (including phenoxy) is 1. The minimum Gasteiger partial charge on any atom is -0.496 e. The lowest BCUT2D eigenvalue weighted by molar-refractivity contribution is 0.281. The largest absolute Gasteiger partial charge is 0.496 e. The number of aliphatic hydroxyl groups excluding tert-OH is 1. The third-order valence-electron chi connectivity index (χ3n) is 4.28. The molecule has 0 saturated heterocycles. The van der Waals surface area contributed by atoms with Crippen molar-refractivity contribution in [3.8, 4) is 5.75 Å². The molecule has 0 aromatic heterocycles. The van der Waals surface area contributed by atoms with Crippen LogP contribution in [0, 0.1) is 6.57 Å². The highest BCUT2D eigenvalue weighted by Gasteiger charge is 2.08. The maximum atomic E-state index is 9.32. The topological polar surface area (TPSA) is 33.8 Å². The lowest BCUT2D eigenvalue weighted by atomic mass is 9.97. The third-order valence-corrected chi connectivity index (χ3v) is 4.28. The lowest BCUT2D eigenvalue weighted by Crippen LogP contribution is -1.92. The smallest absolute Gasteiger partial charge is 0.195 e. The van der Waals surface area contributed by atoms with Gasteiger partial charge >= 0.3 is 0 Å². The second kappa shape index (κ2) is 8.33. The number of rotatable bonds is 6. The van der Waals surface area contributed by atoms with Gasteiger partial charge < -0.3 is 9.84 Å². The van der Waals surface area contributed by atoms with Gasteiger partial charge in [0.25, 0.3) is 0 Å². The van der Waals surface area contributed by atoms with Crippen LogP contribution in [-0.4, -0.2) is 12.2 Å². The van der Waals surface area contributed by atoms with Crippen LogP contribution in [0.2, 0.25) is 0 Å². The van der Waals surface area contributed by atoms with Crippen LogP contribution in [0.15, 0.2) is 42.5 Å². The van der Waals surface area contributed by atoms with Crippen molar-refractivity contribution in [1.82, 2.24) is 0 Å². The standard InChI is InChI=1S/C21H23NO2/c1-5-15(2)17-7-9-18(10-8-17)20(22-3)13-19-12-16(14-23)6-11-21(19)24-4/h6-13,15,23H,5,14H2,1-2,4H3/b20-13-. The van der Waals surface area contributed by atoms with Gasteiger partial charge in [-0.05, 0) is 47.2 Å². The Labute approximate surface area is 144 Å². The molecule has 0 fully saturated rings. The van der Waals surface area contributed by atoms with E-state index in [-0.39, 0.29) is 6.61 Å². The van der Waals surface area contributed by atoms with Crippen molar-refractivity contribution in [2.24, 2.45) is 0 Å². The highest BCUT2D eigenvalue weighted by Crippen LogP contribution is 2.28. The second-order valence-corrected chi connectivity index (χ2v) is 5.81. The normalized spacial score (nSPS) is 12.5. The Bertz CT molecular complexity index is 754. The van der Waals surface area contributed by atoms with E-state index >= 15 is 0 Å². The summed E-state index contributed by atoms with van der Waals surface area (Å²) in [6.07, 6.45) is 2.90. The highest BCUT2D eigenvalue weighted by atomic mass is 16.5. The predicted octanol–water partition coefficient (Wildman–Crippen LogP) is 5.12. The molecular formula is C21H23NO2. The van der Waals surface area contributed by atoms with Crippen LogP contribution in [-0.2, 0) is 6.61 Å². The van der Waals surface area contributed by atoms with Crippen LogP contribution in [0.3, 0.4) is 0 Å². The van der Waals surface area contributed by atoms with Crippen molar-refractivity contribution in [2.45, 2.75) is 32.8 Å². The molecule has 2 aromatic carbocycles. The molecule has 0 spiro atoms. The molecule has 0 amide bonds. The number of aliphatic hydroxyl groups is 1. The van der Waals surface area contributed by atoms with Crippen LogP contribution >= 0.6 is 0 Å². The number of methoxy groups -OCH3 is 1. The van der Waals surface area contributed by atoms with Gasteiger partial charge in [0.1, 0.15) is 5.75 Å². The Morgan fingerprint density at radius 2 is 1.96 bits per heavy atom. The number of hydrogen-bond donors (Lipinski definition) is 1. The molecule has 0 aliphatic rings. The van der Waals surface area contributed by atoms with Gasteiger partial charge in [-0.15, -0.1) is 0 Å². The summed E-state index contributed by atoms with van der Waals surface area (Å²) >= 11 is 0. The molecular weight excluding hydrogens is 298 g/mol. The van der Waals surface area contributed by atoms with Gasteiger partial charge in [-0.25, -0.2) is 4.85 Å². The molecule has 0 aliphatic heterocycles. The molecule has 3 nitrogen and oxygen atoms in total. The van der Waals surface area contributed by atoms with Crippen molar-refractivity contribution in [3.63, 3.8) is 0 Å². The van der Waals surface area contributed by atoms with Crippen LogP contribution in [0.5, 0.6) is 5.75 Å². The van der Waals surface area contributed by atoms with E-state index < -0.39 is 0 Å². The first-order valence-corrected chi connectivity index (χ1v) is 8.10. The van der Waals surface area contributed by atoms with E-state index in [0.717, 1.165) is 23.1 Å². The molecule has 1 unspecified atom stereocenters. The zero-order valence-corrected chi connectivity index (χ0v) is 14.4. The SMILES string of the molecule is [C-]#[N+]/C(=C\c1cc(CO)ccc1OC)c1ccc(C(C)CC)cc1. The Balaban J connectivity index is 2.41. The van der Waals surface area contributed by atoms with Gasteiger partial charge in [0.05, 0.1) is 20.3 Å². The van der Waals surface area contributed by atoms with Gasteiger partial charge in [0, 0.05) is 5.56 Å². The Morgan fingerprint density at radius 1 is 1.25 bits per heavy atom. The summed E-state index contributed by atoms with van der Waals surface area (Å²) in [5, 5.41) is 9.32. The minimum absolute atomic E-state index is 0.0399. The Kier molecular flexibility index (Phi) is 6.17. The van der Waals surface area contributed by atoms with E-state index in [2.05, 4.69) is 30.8 Å². The molecule has 0 saturated carbocycles. The summed E-state index contributed by atoms with van der Waals surface area (Å²) in [4.78, 5) is 3.67.